The minimum absolute atomic E-state index is 0.203. The third kappa shape index (κ3) is 5.76. The molecule has 0 saturated carbocycles. The van der Waals surface area contributed by atoms with Crippen molar-refractivity contribution in [1.82, 2.24) is 4.57 Å². The second-order valence-corrected chi connectivity index (χ2v) is 9.52. The Labute approximate surface area is 226 Å². The van der Waals surface area contributed by atoms with E-state index in [4.69, 9.17) is 32.5 Å². The second-order valence-electron chi connectivity index (χ2n) is 9.09. The number of benzene rings is 4. The van der Waals surface area contributed by atoms with Gasteiger partial charge in [0, 0.05) is 40.0 Å². The first-order valence-electron chi connectivity index (χ1n) is 12.3. The molecule has 1 aromatic heterocycles. The number of fused-ring (bicyclic) bond motifs is 1. The highest BCUT2D eigenvalue weighted by Gasteiger charge is 2.15. The van der Waals surface area contributed by atoms with Gasteiger partial charge in [-0.3, -0.25) is 4.79 Å². The number of nitrogens with two attached hydrogens (primary N) is 2. The number of halogens is 1. The molecular formula is C31H28ClN3O3. The Morgan fingerprint density at radius 3 is 2.34 bits per heavy atom. The predicted octanol–water partition coefficient (Wildman–Crippen LogP) is 7.07. The minimum atomic E-state index is -0.248. The van der Waals surface area contributed by atoms with Crippen molar-refractivity contribution < 1.29 is 14.3 Å². The number of hydrogen-bond acceptors (Lipinski definition) is 5. The molecule has 0 amide bonds. The molecule has 0 aliphatic heterocycles. The number of nitrogen functional groups attached to an aromatic ring is 2. The highest BCUT2D eigenvalue weighted by molar-refractivity contribution is 6.30. The van der Waals surface area contributed by atoms with Crippen LogP contribution in [0.1, 0.15) is 18.1 Å². The molecule has 6 nitrogen and oxygen atoms in total. The molecule has 0 unspecified atom stereocenters. The van der Waals surface area contributed by atoms with Gasteiger partial charge in [-0.05, 0) is 83.8 Å². The van der Waals surface area contributed by atoms with Crippen molar-refractivity contribution in [2.75, 3.05) is 18.1 Å². The molecule has 0 radical (unpaired) electrons. The first-order chi connectivity index (χ1) is 18.4. The first kappa shape index (κ1) is 25.2. The van der Waals surface area contributed by atoms with E-state index in [0.717, 1.165) is 38.9 Å². The Kier molecular flexibility index (Phi) is 7.24. The maximum atomic E-state index is 12.3. The third-order valence-electron chi connectivity index (χ3n) is 6.22. The molecule has 4 N–H and O–H groups in total. The smallest absolute Gasteiger partial charge is 0.310 e. The van der Waals surface area contributed by atoms with E-state index < -0.39 is 0 Å². The van der Waals surface area contributed by atoms with Crippen LogP contribution in [0, 0.1) is 0 Å². The second kappa shape index (κ2) is 10.9. The Bertz CT molecular complexity index is 1590. The fourth-order valence-corrected chi connectivity index (χ4v) is 4.74. The molecule has 1 heterocycles. The summed E-state index contributed by atoms with van der Waals surface area (Å²) in [5.41, 5.74) is 18.2. The summed E-state index contributed by atoms with van der Waals surface area (Å²) in [7, 11) is 0. The Morgan fingerprint density at radius 2 is 1.63 bits per heavy atom. The highest BCUT2D eigenvalue weighted by atomic mass is 35.5. The van der Waals surface area contributed by atoms with Crippen LogP contribution in [0.2, 0.25) is 5.02 Å². The monoisotopic (exact) mass is 525 g/mol. The molecule has 0 spiro atoms. The van der Waals surface area contributed by atoms with Crippen LogP contribution in [-0.2, 0) is 22.5 Å². The Morgan fingerprint density at radius 1 is 0.868 bits per heavy atom. The zero-order valence-corrected chi connectivity index (χ0v) is 21.7. The summed E-state index contributed by atoms with van der Waals surface area (Å²) in [4.78, 5) is 12.3. The van der Waals surface area contributed by atoms with Crippen LogP contribution < -0.4 is 16.2 Å². The van der Waals surface area contributed by atoms with Gasteiger partial charge in [0.1, 0.15) is 11.5 Å². The van der Waals surface area contributed by atoms with Gasteiger partial charge in [-0.25, -0.2) is 0 Å². The van der Waals surface area contributed by atoms with Gasteiger partial charge in [-0.15, -0.1) is 0 Å². The van der Waals surface area contributed by atoms with Crippen LogP contribution in [0.5, 0.6) is 11.5 Å². The predicted molar refractivity (Wildman–Crippen MR) is 154 cm³/mol. The summed E-state index contributed by atoms with van der Waals surface area (Å²) >= 11 is 6.07. The third-order valence-corrected chi connectivity index (χ3v) is 6.46. The van der Waals surface area contributed by atoms with E-state index in [2.05, 4.69) is 10.6 Å². The summed E-state index contributed by atoms with van der Waals surface area (Å²) in [6.07, 6.45) is 2.23. The number of anilines is 2. The van der Waals surface area contributed by atoms with Crippen LogP contribution in [-0.4, -0.2) is 17.1 Å². The van der Waals surface area contributed by atoms with Crippen molar-refractivity contribution in [1.29, 1.82) is 0 Å². The van der Waals surface area contributed by atoms with Gasteiger partial charge in [0.25, 0.3) is 0 Å². The molecular weight excluding hydrogens is 498 g/mol. The molecule has 4 aromatic carbocycles. The number of carbonyl (C=O) groups is 1. The number of rotatable bonds is 8. The fourth-order valence-electron chi connectivity index (χ4n) is 4.56. The minimum Gasteiger partial charge on any atom is -0.466 e. The molecule has 5 rings (SSSR count). The van der Waals surface area contributed by atoms with E-state index in [9.17, 15) is 4.79 Å². The van der Waals surface area contributed by atoms with Crippen LogP contribution in [0.15, 0.2) is 91.1 Å². The Hall–Kier alpha value is -4.42. The van der Waals surface area contributed by atoms with Crippen LogP contribution in [0.25, 0.3) is 22.0 Å². The molecule has 0 fully saturated rings. The molecule has 192 valence electrons. The maximum Gasteiger partial charge on any atom is 0.310 e. The average molecular weight is 526 g/mol. The molecule has 0 atom stereocenters. The van der Waals surface area contributed by atoms with E-state index in [1.165, 1.54) is 0 Å². The van der Waals surface area contributed by atoms with E-state index in [-0.39, 0.29) is 12.4 Å². The zero-order valence-electron chi connectivity index (χ0n) is 21.0. The standard InChI is InChI=1S/C31H28ClN3O3/c1-2-37-31(36)15-23-19-35(18-20-6-9-27(10-7-20)38-28-5-3-4-24(32)16-28)30-14-21(8-11-29(23)30)22-12-25(33)17-26(34)13-22/h3-14,16-17,19H,2,15,18,33-34H2,1H3. The molecule has 0 aliphatic carbocycles. The van der Waals surface area contributed by atoms with Gasteiger partial charge < -0.3 is 25.5 Å². The molecule has 0 bridgehead atoms. The van der Waals surface area contributed by atoms with Crippen LogP contribution in [0.3, 0.4) is 0 Å². The average Bonchev–Trinajstić information content (AvgIpc) is 3.21. The highest BCUT2D eigenvalue weighted by Crippen LogP contribution is 2.31. The van der Waals surface area contributed by atoms with Crippen molar-refractivity contribution in [3.8, 4) is 22.6 Å². The first-order valence-corrected chi connectivity index (χ1v) is 12.7. The maximum absolute atomic E-state index is 12.3. The SMILES string of the molecule is CCOC(=O)Cc1cn(Cc2ccc(Oc3cccc(Cl)c3)cc2)c2cc(-c3cc(N)cc(N)c3)ccc12. The number of ether oxygens (including phenoxy) is 2. The lowest BCUT2D eigenvalue weighted by molar-refractivity contribution is -0.142. The van der Waals surface area contributed by atoms with Gasteiger partial charge >= 0.3 is 5.97 Å². The summed E-state index contributed by atoms with van der Waals surface area (Å²) in [6, 6.07) is 26.9. The summed E-state index contributed by atoms with van der Waals surface area (Å²) < 4.78 is 13.3. The summed E-state index contributed by atoms with van der Waals surface area (Å²) in [6.45, 7) is 2.77. The lowest BCUT2D eigenvalue weighted by atomic mass is 10.0. The lowest BCUT2D eigenvalue weighted by Crippen LogP contribution is -2.07. The van der Waals surface area contributed by atoms with E-state index in [1.807, 2.05) is 79.9 Å². The van der Waals surface area contributed by atoms with Gasteiger partial charge in [0.15, 0.2) is 0 Å². The van der Waals surface area contributed by atoms with E-state index in [1.54, 1.807) is 12.1 Å². The normalized spacial score (nSPS) is 11.0. The number of hydrogen-bond donors (Lipinski definition) is 2. The van der Waals surface area contributed by atoms with Gasteiger partial charge in [0.05, 0.1) is 13.0 Å². The van der Waals surface area contributed by atoms with Gasteiger partial charge in [0.2, 0.25) is 0 Å². The largest absolute Gasteiger partial charge is 0.466 e. The number of carbonyl (C=O) groups excluding carboxylic acids is 1. The topological polar surface area (TPSA) is 92.5 Å². The zero-order chi connectivity index (χ0) is 26.6. The van der Waals surface area contributed by atoms with E-state index >= 15 is 0 Å². The molecule has 7 heteroatoms. The van der Waals surface area contributed by atoms with Crippen molar-refractivity contribution in [2.45, 2.75) is 19.9 Å². The van der Waals surface area contributed by atoms with E-state index in [0.29, 0.717) is 35.3 Å². The van der Waals surface area contributed by atoms with Crippen molar-refractivity contribution >= 4 is 39.8 Å². The van der Waals surface area contributed by atoms with Gasteiger partial charge in [-0.2, -0.15) is 0 Å². The van der Waals surface area contributed by atoms with Crippen LogP contribution in [0.4, 0.5) is 11.4 Å². The molecule has 0 aliphatic rings. The summed E-state index contributed by atoms with van der Waals surface area (Å²) in [5.74, 6) is 1.15. The van der Waals surface area contributed by atoms with Gasteiger partial charge in [-0.1, -0.05) is 41.9 Å². The van der Waals surface area contributed by atoms with Crippen LogP contribution >= 0.6 is 11.6 Å². The summed E-state index contributed by atoms with van der Waals surface area (Å²) in [5, 5.41) is 1.62. The molecule has 0 saturated heterocycles. The Balaban J connectivity index is 1.47. The molecule has 38 heavy (non-hydrogen) atoms. The van der Waals surface area contributed by atoms with Crippen molar-refractivity contribution in [2.24, 2.45) is 0 Å². The fraction of sp³-hybridized carbons (Fsp3) is 0.129. The number of nitrogens with zero attached hydrogens (tertiary/aromatic N) is 1. The quantitative estimate of drug-likeness (QED) is 0.167. The van der Waals surface area contributed by atoms with Crippen molar-refractivity contribution in [3.63, 3.8) is 0 Å². The number of esters is 1. The lowest BCUT2D eigenvalue weighted by Gasteiger charge is -2.10. The van der Waals surface area contributed by atoms with Crippen molar-refractivity contribution in [3.05, 3.63) is 107 Å². The molecule has 5 aromatic rings. The number of aromatic nitrogens is 1.